The van der Waals surface area contributed by atoms with Gasteiger partial charge >= 0.3 is 0 Å². The van der Waals surface area contributed by atoms with Crippen LogP contribution < -0.4 is 11.1 Å². The second kappa shape index (κ2) is 6.74. The van der Waals surface area contributed by atoms with Crippen molar-refractivity contribution in [2.24, 2.45) is 5.73 Å². The van der Waals surface area contributed by atoms with Crippen molar-refractivity contribution in [3.63, 3.8) is 0 Å². The van der Waals surface area contributed by atoms with Gasteiger partial charge in [0.1, 0.15) is 6.61 Å². The number of nitrogens with two attached hydrogens (primary N) is 1. The lowest BCUT2D eigenvalue weighted by atomic mass is 10.1. The standard InChI is InChI=1S/C12H15ClN2O5/c13-10-2-1-9(20-10)12(17)15-7-5-18-4-3-8(7)19-6-11(14)16/h1-2,7-8H,3-6H2,(H2,14,16)(H,15,17)/t7-,8+/m0/s1. The molecule has 7 nitrogen and oxygen atoms in total. The number of hydrogen-bond acceptors (Lipinski definition) is 5. The zero-order valence-electron chi connectivity index (χ0n) is 10.6. The van der Waals surface area contributed by atoms with Gasteiger partial charge in [-0.15, -0.1) is 0 Å². The van der Waals surface area contributed by atoms with Crippen LogP contribution in [0.15, 0.2) is 16.5 Å². The molecule has 1 saturated heterocycles. The van der Waals surface area contributed by atoms with E-state index in [4.69, 9.17) is 31.2 Å². The van der Waals surface area contributed by atoms with E-state index in [2.05, 4.69) is 5.32 Å². The van der Waals surface area contributed by atoms with E-state index < -0.39 is 11.8 Å². The van der Waals surface area contributed by atoms with E-state index in [0.717, 1.165) is 0 Å². The van der Waals surface area contributed by atoms with Crippen LogP contribution in [0, 0.1) is 0 Å². The number of amides is 2. The molecule has 0 saturated carbocycles. The molecular formula is C12H15ClN2O5. The maximum absolute atomic E-state index is 11.9. The summed E-state index contributed by atoms with van der Waals surface area (Å²) in [6, 6.07) is 2.58. The third-order valence-corrected chi connectivity index (χ3v) is 3.05. The Labute approximate surface area is 120 Å². The van der Waals surface area contributed by atoms with Crippen LogP contribution in [0.1, 0.15) is 17.0 Å². The average Bonchev–Trinajstić information content (AvgIpc) is 2.84. The molecule has 0 aromatic carbocycles. The molecule has 110 valence electrons. The monoisotopic (exact) mass is 302 g/mol. The summed E-state index contributed by atoms with van der Waals surface area (Å²) in [6.07, 6.45) is 0.238. The zero-order valence-corrected chi connectivity index (χ0v) is 11.4. The number of ether oxygens (including phenoxy) is 2. The Hall–Kier alpha value is -1.57. The Balaban J connectivity index is 1.94. The summed E-state index contributed by atoms with van der Waals surface area (Å²) >= 11 is 5.61. The van der Waals surface area contributed by atoms with Gasteiger partial charge in [0.2, 0.25) is 5.91 Å². The van der Waals surface area contributed by atoms with Gasteiger partial charge in [0, 0.05) is 6.61 Å². The van der Waals surface area contributed by atoms with Gasteiger partial charge in [0.05, 0.1) is 18.8 Å². The molecule has 2 rings (SSSR count). The fourth-order valence-electron chi connectivity index (χ4n) is 1.92. The van der Waals surface area contributed by atoms with Gasteiger partial charge in [-0.2, -0.15) is 0 Å². The highest BCUT2D eigenvalue weighted by atomic mass is 35.5. The number of nitrogens with one attached hydrogen (secondary N) is 1. The molecule has 0 unspecified atom stereocenters. The van der Waals surface area contributed by atoms with E-state index in [1.807, 2.05) is 0 Å². The third kappa shape index (κ3) is 3.96. The van der Waals surface area contributed by atoms with E-state index in [0.29, 0.717) is 19.6 Å². The summed E-state index contributed by atoms with van der Waals surface area (Å²) in [7, 11) is 0. The summed E-state index contributed by atoms with van der Waals surface area (Å²) in [5, 5.41) is 2.86. The summed E-state index contributed by atoms with van der Waals surface area (Å²) in [5.74, 6) is -0.867. The number of carbonyl (C=O) groups is 2. The molecule has 1 aromatic heterocycles. The van der Waals surface area contributed by atoms with Gasteiger partial charge in [-0.1, -0.05) is 0 Å². The van der Waals surface area contributed by atoms with Gasteiger partial charge < -0.3 is 24.9 Å². The van der Waals surface area contributed by atoms with Gasteiger partial charge in [-0.3, -0.25) is 9.59 Å². The first-order valence-electron chi connectivity index (χ1n) is 6.10. The Bertz CT molecular complexity index is 490. The van der Waals surface area contributed by atoms with Gasteiger partial charge in [-0.25, -0.2) is 0 Å². The summed E-state index contributed by atoms with van der Waals surface area (Å²) in [6.45, 7) is 0.607. The highest BCUT2D eigenvalue weighted by Crippen LogP contribution is 2.15. The molecular weight excluding hydrogens is 288 g/mol. The maximum atomic E-state index is 11.9. The first-order valence-corrected chi connectivity index (χ1v) is 6.48. The Morgan fingerprint density at radius 1 is 1.50 bits per heavy atom. The maximum Gasteiger partial charge on any atom is 0.287 e. The normalized spacial score (nSPS) is 22.4. The molecule has 1 fully saturated rings. The van der Waals surface area contributed by atoms with Gasteiger partial charge in [0.15, 0.2) is 11.0 Å². The van der Waals surface area contributed by atoms with Crippen LogP contribution in [0.3, 0.4) is 0 Å². The molecule has 20 heavy (non-hydrogen) atoms. The molecule has 0 spiro atoms. The van der Waals surface area contributed by atoms with Crippen molar-refractivity contribution in [1.82, 2.24) is 5.32 Å². The lowest BCUT2D eigenvalue weighted by Crippen LogP contribution is -2.51. The topological polar surface area (TPSA) is 104 Å². The average molecular weight is 303 g/mol. The molecule has 0 radical (unpaired) electrons. The van der Waals surface area contributed by atoms with Crippen molar-refractivity contribution in [2.75, 3.05) is 19.8 Å². The van der Waals surface area contributed by atoms with Crippen LogP contribution in [0.2, 0.25) is 5.22 Å². The van der Waals surface area contributed by atoms with Crippen molar-refractivity contribution in [1.29, 1.82) is 0 Å². The van der Waals surface area contributed by atoms with E-state index in [9.17, 15) is 9.59 Å². The van der Waals surface area contributed by atoms with Crippen LogP contribution in [0.4, 0.5) is 0 Å². The molecule has 1 aromatic rings. The summed E-state index contributed by atoms with van der Waals surface area (Å²) in [5.41, 5.74) is 5.04. The molecule has 2 heterocycles. The SMILES string of the molecule is NC(=O)CO[C@@H]1CCOC[C@@H]1NC(=O)c1ccc(Cl)o1. The van der Waals surface area contributed by atoms with Crippen molar-refractivity contribution < 1.29 is 23.5 Å². The molecule has 2 atom stereocenters. The van der Waals surface area contributed by atoms with E-state index in [-0.39, 0.29) is 29.7 Å². The minimum absolute atomic E-state index is 0.106. The van der Waals surface area contributed by atoms with E-state index in [1.165, 1.54) is 12.1 Å². The molecule has 8 heteroatoms. The second-order valence-electron chi connectivity index (χ2n) is 4.36. The number of primary amides is 1. The lowest BCUT2D eigenvalue weighted by molar-refractivity contribution is -0.128. The van der Waals surface area contributed by atoms with E-state index >= 15 is 0 Å². The fourth-order valence-corrected chi connectivity index (χ4v) is 2.06. The summed E-state index contributed by atoms with van der Waals surface area (Å²) < 4.78 is 15.7. The van der Waals surface area contributed by atoms with Crippen molar-refractivity contribution in [3.8, 4) is 0 Å². The number of hydrogen-bond donors (Lipinski definition) is 2. The first-order chi connectivity index (χ1) is 9.56. The van der Waals surface area contributed by atoms with Crippen LogP contribution in [-0.4, -0.2) is 43.8 Å². The largest absolute Gasteiger partial charge is 0.440 e. The number of halogens is 1. The molecule has 0 bridgehead atoms. The molecule has 1 aliphatic heterocycles. The molecule has 3 N–H and O–H groups in total. The molecule has 1 aliphatic rings. The number of carbonyl (C=O) groups excluding carboxylic acids is 2. The minimum Gasteiger partial charge on any atom is -0.440 e. The Kier molecular flexibility index (Phi) is 4.99. The predicted octanol–water partition coefficient (Wildman–Crippen LogP) is 0.322. The minimum atomic E-state index is -0.556. The second-order valence-corrected chi connectivity index (χ2v) is 4.74. The Morgan fingerprint density at radius 3 is 2.95 bits per heavy atom. The number of rotatable bonds is 5. The van der Waals surface area contributed by atoms with Gasteiger partial charge in [0.25, 0.3) is 5.91 Å². The van der Waals surface area contributed by atoms with Crippen LogP contribution >= 0.6 is 11.6 Å². The first kappa shape index (κ1) is 14.8. The predicted molar refractivity (Wildman–Crippen MR) is 69.3 cm³/mol. The zero-order chi connectivity index (χ0) is 14.5. The van der Waals surface area contributed by atoms with Crippen molar-refractivity contribution >= 4 is 23.4 Å². The van der Waals surface area contributed by atoms with E-state index in [1.54, 1.807) is 0 Å². The number of furan rings is 1. The molecule has 0 aliphatic carbocycles. The van der Waals surface area contributed by atoms with Crippen LogP contribution in [-0.2, 0) is 14.3 Å². The van der Waals surface area contributed by atoms with Crippen molar-refractivity contribution in [3.05, 3.63) is 23.1 Å². The quantitative estimate of drug-likeness (QED) is 0.815. The van der Waals surface area contributed by atoms with Crippen LogP contribution in [0.5, 0.6) is 0 Å². The highest BCUT2D eigenvalue weighted by Gasteiger charge is 2.29. The molecule has 2 amide bonds. The smallest absolute Gasteiger partial charge is 0.287 e. The highest BCUT2D eigenvalue weighted by molar-refractivity contribution is 6.29. The fraction of sp³-hybridized carbons (Fsp3) is 0.500. The Morgan fingerprint density at radius 2 is 2.30 bits per heavy atom. The third-order valence-electron chi connectivity index (χ3n) is 2.85. The summed E-state index contributed by atoms with van der Waals surface area (Å²) in [4.78, 5) is 22.7. The van der Waals surface area contributed by atoms with Crippen molar-refractivity contribution in [2.45, 2.75) is 18.6 Å². The lowest BCUT2D eigenvalue weighted by Gasteiger charge is -2.31. The van der Waals surface area contributed by atoms with Gasteiger partial charge in [-0.05, 0) is 30.2 Å². The van der Waals surface area contributed by atoms with Crippen LogP contribution in [0.25, 0.3) is 0 Å².